The van der Waals surface area contributed by atoms with Gasteiger partial charge in [0.2, 0.25) is 0 Å². The average molecular weight is 274 g/mol. The highest BCUT2D eigenvalue weighted by Crippen LogP contribution is 2.32. The first-order valence-corrected chi connectivity index (χ1v) is 7.56. The molecule has 108 valence electrons. The van der Waals surface area contributed by atoms with Crippen molar-refractivity contribution in [2.75, 3.05) is 6.61 Å². The lowest BCUT2D eigenvalue weighted by atomic mass is 9.87. The maximum absolute atomic E-state index is 13.9. The highest BCUT2D eigenvalue weighted by atomic mass is 19.1. The third-order valence-corrected chi connectivity index (χ3v) is 4.05. The molecule has 0 bridgehead atoms. The van der Waals surface area contributed by atoms with Crippen LogP contribution in [0.3, 0.4) is 0 Å². The van der Waals surface area contributed by atoms with E-state index in [9.17, 15) is 4.39 Å². The molecule has 0 aromatic heterocycles. The van der Waals surface area contributed by atoms with Crippen molar-refractivity contribution in [3.63, 3.8) is 0 Å². The Balaban J connectivity index is 2.23. The molecule has 1 nitrogen and oxygen atoms in total. The van der Waals surface area contributed by atoms with Crippen LogP contribution in [0.4, 0.5) is 4.39 Å². The van der Waals surface area contributed by atoms with Gasteiger partial charge in [0.05, 0.1) is 0 Å². The van der Waals surface area contributed by atoms with E-state index in [1.807, 2.05) is 18.2 Å². The number of unbranched alkanes of at least 4 members (excludes halogenated alkanes) is 2. The fourth-order valence-electron chi connectivity index (χ4n) is 2.91. The van der Waals surface area contributed by atoms with Gasteiger partial charge < -0.3 is 5.11 Å². The fraction of sp³-hybridized carbons (Fsp3) is 0.444. The summed E-state index contributed by atoms with van der Waals surface area (Å²) in [7, 11) is 0. The van der Waals surface area contributed by atoms with E-state index >= 15 is 0 Å². The van der Waals surface area contributed by atoms with Crippen LogP contribution in [0, 0.1) is 5.82 Å². The Morgan fingerprint density at radius 1 is 1.00 bits per heavy atom. The summed E-state index contributed by atoms with van der Waals surface area (Å²) >= 11 is 0. The van der Waals surface area contributed by atoms with Gasteiger partial charge in [-0.3, -0.25) is 0 Å². The molecule has 1 unspecified atom stereocenters. The van der Waals surface area contributed by atoms with Crippen LogP contribution in [0.5, 0.6) is 0 Å². The van der Waals surface area contributed by atoms with E-state index in [2.05, 4.69) is 13.0 Å². The molecule has 0 amide bonds. The number of aliphatic hydroxyl groups is 1. The standard InChI is InChI=1S/C18H23FO/c1-2-14(8-4-3-5-13-20)15-9-6-11-17-16(15)10-7-12-18(17)19/h6-7,9-12,14,20H,2-5,8,13H2,1H3. The number of rotatable bonds is 7. The number of benzene rings is 2. The first-order chi connectivity index (χ1) is 9.77. The van der Waals surface area contributed by atoms with Crippen LogP contribution < -0.4 is 0 Å². The number of fused-ring (bicyclic) bond motifs is 1. The van der Waals surface area contributed by atoms with Crippen LogP contribution in [-0.2, 0) is 0 Å². The summed E-state index contributed by atoms with van der Waals surface area (Å²) in [4.78, 5) is 0. The molecule has 2 heteroatoms. The Labute approximate surface area is 120 Å². The van der Waals surface area contributed by atoms with Gasteiger partial charge in [0.25, 0.3) is 0 Å². The molecular weight excluding hydrogens is 251 g/mol. The molecule has 0 saturated carbocycles. The smallest absolute Gasteiger partial charge is 0.131 e. The largest absolute Gasteiger partial charge is 0.396 e. The quantitative estimate of drug-likeness (QED) is 0.702. The summed E-state index contributed by atoms with van der Waals surface area (Å²) in [6, 6.07) is 11.3. The van der Waals surface area contributed by atoms with Crippen molar-refractivity contribution in [1.29, 1.82) is 0 Å². The molecule has 20 heavy (non-hydrogen) atoms. The van der Waals surface area contributed by atoms with Crippen molar-refractivity contribution >= 4 is 10.8 Å². The molecule has 0 saturated heterocycles. The Morgan fingerprint density at radius 3 is 2.50 bits per heavy atom. The third kappa shape index (κ3) is 3.37. The van der Waals surface area contributed by atoms with Crippen LogP contribution in [0.25, 0.3) is 10.8 Å². The van der Waals surface area contributed by atoms with Gasteiger partial charge >= 0.3 is 0 Å². The summed E-state index contributed by atoms with van der Waals surface area (Å²) < 4.78 is 13.9. The molecule has 0 aliphatic rings. The first kappa shape index (κ1) is 15.0. The molecule has 2 rings (SSSR count). The maximum Gasteiger partial charge on any atom is 0.131 e. The molecule has 0 heterocycles. The van der Waals surface area contributed by atoms with E-state index in [4.69, 9.17) is 5.11 Å². The normalized spacial score (nSPS) is 12.8. The molecule has 2 aromatic carbocycles. The van der Waals surface area contributed by atoms with E-state index in [0.717, 1.165) is 42.9 Å². The maximum atomic E-state index is 13.9. The molecular formula is C18H23FO. The molecule has 0 aliphatic heterocycles. The van der Waals surface area contributed by atoms with Gasteiger partial charge in [0, 0.05) is 12.0 Å². The van der Waals surface area contributed by atoms with E-state index < -0.39 is 0 Å². The molecule has 0 aliphatic carbocycles. The van der Waals surface area contributed by atoms with Gasteiger partial charge in [-0.2, -0.15) is 0 Å². The second-order valence-corrected chi connectivity index (χ2v) is 5.36. The zero-order chi connectivity index (χ0) is 14.4. The Morgan fingerprint density at radius 2 is 1.75 bits per heavy atom. The SMILES string of the molecule is CCC(CCCCCO)c1cccc2c(F)cccc12. The van der Waals surface area contributed by atoms with Crippen molar-refractivity contribution in [3.05, 3.63) is 47.8 Å². The van der Waals surface area contributed by atoms with Gasteiger partial charge in [0.1, 0.15) is 5.82 Å². The lowest BCUT2D eigenvalue weighted by Crippen LogP contribution is -1.99. The number of aliphatic hydroxyl groups excluding tert-OH is 1. The molecule has 0 fully saturated rings. The lowest BCUT2D eigenvalue weighted by molar-refractivity contribution is 0.281. The van der Waals surface area contributed by atoms with Crippen molar-refractivity contribution in [2.45, 2.75) is 44.9 Å². The Bertz CT molecular complexity index is 550. The van der Waals surface area contributed by atoms with Crippen molar-refractivity contribution in [1.82, 2.24) is 0 Å². The predicted octanol–water partition coefficient (Wildman–Crippen LogP) is 5.03. The number of halogens is 1. The highest BCUT2D eigenvalue weighted by Gasteiger charge is 2.13. The number of hydrogen-bond acceptors (Lipinski definition) is 1. The van der Waals surface area contributed by atoms with Crippen LogP contribution in [-0.4, -0.2) is 11.7 Å². The molecule has 2 aromatic rings. The third-order valence-electron chi connectivity index (χ3n) is 4.05. The molecule has 1 atom stereocenters. The van der Waals surface area contributed by atoms with Gasteiger partial charge in [-0.05, 0) is 42.2 Å². The minimum absolute atomic E-state index is 0.139. The van der Waals surface area contributed by atoms with Gasteiger partial charge in [-0.15, -0.1) is 0 Å². The summed E-state index contributed by atoms with van der Waals surface area (Å²) in [5.74, 6) is 0.332. The van der Waals surface area contributed by atoms with Crippen LogP contribution in [0.1, 0.15) is 50.5 Å². The minimum atomic E-state index is -0.139. The van der Waals surface area contributed by atoms with E-state index in [1.54, 1.807) is 6.07 Å². The van der Waals surface area contributed by atoms with E-state index in [-0.39, 0.29) is 12.4 Å². The van der Waals surface area contributed by atoms with Crippen molar-refractivity contribution in [2.24, 2.45) is 0 Å². The molecule has 0 radical (unpaired) electrons. The Hall–Kier alpha value is -1.41. The topological polar surface area (TPSA) is 20.2 Å². The Kier molecular flexibility index (Phi) is 5.54. The summed E-state index contributed by atoms with van der Waals surface area (Å²) in [6.45, 7) is 2.46. The molecule has 0 spiro atoms. The minimum Gasteiger partial charge on any atom is -0.396 e. The highest BCUT2D eigenvalue weighted by molar-refractivity contribution is 5.86. The first-order valence-electron chi connectivity index (χ1n) is 7.56. The van der Waals surface area contributed by atoms with Gasteiger partial charge in [-0.25, -0.2) is 4.39 Å². The predicted molar refractivity (Wildman–Crippen MR) is 82.5 cm³/mol. The summed E-state index contributed by atoms with van der Waals surface area (Å²) in [5.41, 5.74) is 1.26. The molecule has 1 N–H and O–H groups in total. The summed E-state index contributed by atoms with van der Waals surface area (Å²) in [6.07, 6.45) is 5.22. The van der Waals surface area contributed by atoms with E-state index in [0.29, 0.717) is 5.92 Å². The average Bonchev–Trinajstić information content (AvgIpc) is 2.48. The van der Waals surface area contributed by atoms with E-state index in [1.165, 1.54) is 11.6 Å². The zero-order valence-electron chi connectivity index (χ0n) is 12.1. The number of hydrogen-bond donors (Lipinski definition) is 1. The summed E-state index contributed by atoms with van der Waals surface area (Å²) in [5, 5.41) is 10.6. The lowest BCUT2D eigenvalue weighted by Gasteiger charge is -2.18. The second-order valence-electron chi connectivity index (χ2n) is 5.36. The monoisotopic (exact) mass is 274 g/mol. The second kappa shape index (κ2) is 7.39. The van der Waals surface area contributed by atoms with Crippen molar-refractivity contribution in [3.8, 4) is 0 Å². The zero-order valence-corrected chi connectivity index (χ0v) is 12.1. The fourth-order valence-corrected chi connectivity index (χ4v) is 2.91. The van der Waals surface area contributed by atoms with Crippen LogP contribution in [0.15, 0.2) is 36.4 Å². The van der Waals surface area contributed by atoms with Crippen molar-refractivity contribution < 1.29 is 9.50 Å². The van der Waals surface area contributed by atoms with Crippen LogP contribution in [0.2, 0.25) is 0 Å². The van der Waals surface area contributed by atoms with Gasteiger partial charge in [-0.1, -0.05) is 50.1 Å². The van der Waals surface area contributed by atoms with Gasteiger partial charge in [0.15, 0.2) is 0 Å². The van der Waals surface area contributed by atoms with Crippen LogP contribution >= 0.6 is 0 Å².